The quantitative estimate of drug-likeness (QED) is 0.358. The molecule has 0 aliphatic heterocycles. The molecule has 188 valence electrons. The number of carbonyl (C=O) groups is 1. The van der Waals surface area contributed by atoms with Crippen molar-refractivity contribution in [2.45, 2.75) is 38.7 Å². The Morgan fingerprint density at radius 1 is 1.11 bits per heavy atom. The lowest BCUT2D eigenvalue weighted by Gasteiger charge is -2.24. The number of rotatable bonds is 12. The van der Waals surface area contributed by atoms with E-state index in [-0.39, 0.29) is 18.9 Å². The highest BCUT2D eigenvalue weighted by atomic mass is 19.3. The summed E-state index contributed by atoms with van der Waals surface area (Å²) in [6.45, 7) is 4.16. The molecule has 6 nitrogen and oxygen atoms in total. The van der Waals surface area contributed by atoms with Crippen molar-refractivity contribution in [2.75, 3.05) is 29.9 Å². The number of benzene rings is 2. The van der Waals surface area contributed by atoms with Gasteiger partial charge in [0.05, 0.1) is 23.5 Å². The molecule has 1 amide bonds. The van der Waals surface area contributed by atoms with Gasteiger partial charge in [-0.1, -0.05) is 42.5 Å². The molecule has 0 spiro atoms. The number of anilines is 2. The molecule has 0 radical (unpaired) electrons. The average molecular weight is 492 g/mol. The summed E-state index contributed by atoms with van der Waals surface area (Å²) >= 11 is 0. The minimum absolute atomic E-state index is 0.215. The summed E-state index contributed by atoms with van der Waals surface area (Å²) in [5, 5.41) is 15.1. The van der Waals surface area contributed by atoms with E-state index in [1.54, 1.807) is 30.5 Å². The molecule has 1 atom stereocenters. The second-order valence-corrected chi connectivity index (χ2v) is 8.65. The van der Waals surface area contributed by atoms with Gasteiger partial charge in [0.15, 0.2) is 0 Å². The van der Waals surface area contributed by atoms with Crippen molar-refractivity contribution in [1.29, 1.82) is 5.26 Å². The molecule has 1 unspecified atom stereocenters. The number of carbonyl (C=O) groups excluding carboxylic acids is 1. The number of nitriles is 1. The zero-order valence-corrected chi connectivity index (χ0v) is 20.5. The van der Waals surface area contributed by atoms with Crippen LogP contribution in [0.4, 0.5) is 20.3 Å². The lowest BCUT2D eigenvalue weighted by molar-refractivity contribution is -0.118. The van der Waals surface area contributed by atoms with Gasteiger partial charge in [0.2, 0.25) is 11.8 Å². The van der Waals surface area contributed by atoms with Gasteiger partial charge in [-0.05, 0) is 55.7 Å². The van der Waals surface area contributed by atoms with Crippen molar-refractivity contribution in [3.8, 4) is 6.07 Å². The summed E-state index contributed by atoms with van der Waals surface area (Å²) in [5.41, 5.74) is 3.22. The molecule has 0 fully saturated rings. The Kier molecular flexibility index (Phi) is 9.48. The number of halogens is 2. The number of aromatic nitrogens is 1. The third-order valence-electron chi connectivity index (χ3n) is 5.81. The van der Waals surface area contributed by atoms with Crippen LogP contribution < -0.4 is 15.5 Å². The van der Waals surface area contributed by atoms with Crippen molar-refractivity contribution in [3.63, 3.8) is 0 Å². The van der Waals surface area contributed by atoms with E-state index in [4.69, 9.17) is 5.26 Å². The number of hydrogen-bond acceptors (Lipinski definition) is 5. The molecule has 8 heteroatoms. The van der Waals surface area contributed by atoms with E-state index in [1.807, 2.05) is 54.3 Å². The fourth-order valence-electron chi connectivity index (χ4n) is 3.76. The van der Waals surface area contributed by atoms with Crippen molar-refractivity contribution in [2.24, 2.45) is 0 Å². The highest BCUT2D eigenvalue weighted by Crippen LogP contribution is 2.22. The van der Waals surface area contributed by atoms with Crippen molar-refractivity contribution in [3.05, 3.63) is 89.6 Å². The minimum atomic E-state index is -2.73. The summed E-state index contributed by atoms with van der Waals surface area (Å²) in [6, 6.07) is 21.8. The van der Waals surface area contributed by atoms with Crippen LogP contribution in [0.2, 0.25) is 0 Å². The lowest BCUT2D eigenvalue weighted by atomic mass is 10.1. The molecule has 0 saturated carbocycles. The normalized spacial score (nSPS) is 12.0. The van der Waals surface area contributed by atoms with Gasteiger partial charge in [-0.15, -0.1) is 0 Å². The smallest absolute Gasteiger partial charge is 0.247 e. The van der Waals surface area contributed by atoms with Crippen molar-refractivity contribution in [1.82, 2.24) is 10.3 Å². The molecule has 36 heavy (non-hydrogen) atoms. The van der Waals surface area contributed by atoms with E-state index >= 15 is 0 Å². The molecule has 2 N–H and O–H groups in total. The van der Waals surface area contributed by atoms with Gasteiger partial charge in [0.25, 0.3) is 0 Å². The fourth-order valence-corrected chi connectivity index (χ4v) is 3.76. The molecule has 1 aromatic heterocycles. The van der Waals surface area contributed by atoms with Gasteiger partial charge >= 0.3 is 0 Å². The van der Waals surface area contributed by atoms with Crippen molar-refractivity contribution < 1.29 is 13.6 Å². The molecule has 0 bridgehead atoms. The van der Waals surface area contributed by atoms with Crippen LogP contribution in [0.3, 0.4) is 0 Å². The average Bonchev–Trinajstić information content (AvgIpc) is 2.88. The first-order valence-electron chi connectivity index (χ1n) is 12.0. The maximum atomic E-state index is 13.3. The van der Waals surface area contributed by atoms with Gasteiger partial charge in [-0.25, -0.2) is 13.8 Å². The van der Waals surface area contributed by atoms with Crippen LogP contribution in [-0.4, -0.2) is 36.4 Å². The van der Waals surface area contributed by atoms with Gasteiger partial charge < -0.3 is 15.5 Å². The molecule has 1 heterocycles. The van der Waals surface area contributed by atoms with E-state index in [0.29, 0.717) is 30.9 Å². The number of amides is 1. The number of nitrogens with one attached hydrogen (secondary N) is 2. The zero-order chi connectivity index (χ0) is 26.0. The first kappa shape index (κ1) is 26.8. The highest BCUT2D eigenvalue weighted by Gasteiger charge is 2.23. The molecule has 0 aliphatic carbocycles. The van der Waals surface area contributed by atoms with Crippen LogP contribution in [0.15, 0.2) is 72.9 Å². The SMILES string of the molecule is CCN(CCC(C)(F)F)c1ccc(NC(=O)C(NCCc2ccc(C#N)cc2)c2ccccc2)nc1. The summed E-state index contributed by atoms with van der Waals surface area (Å²) in [6.07, 6.45) is 2.04. The molecular weight excluding hydrogens is 460 g/mol. The van der Waals surface area contributed by atoms with Gasteiger partial charge in [0, 0.05) is 26.1 Å². The van der Waals surface area contributed by atoms with E-state index in [0.717, 1.165) is 23.7 Å². The first-order chi connectivity index (χ1) is 17.3. The monoisotopic (exact) mass is 491 g/mol. The highest BCUT2D eigenvalue weighted by molar-refractivity contribution is 5.94. The Morgan fingerprint density at radius 3 is 2.42 bits per heavy atom. The lowest BCUT2D eigenvalue weighted by Crippen LogP contribution is -2.34. The van der Waals surface area contributed by atoms with Crippen LogP contribution in [0.25, 0.3) is 0 Å². The summed E-state index contributed by atoms with van der Waals surface area (Å²) in [4.78, 5) is 19.3. The maximum absolute atomic E-state index is 13.3. The number of hydrogen-bond donors (Lipinski definition) is 2. The third kappa shape index (κ3) is 8.14. The Hall–Kier alpha value is -3.83. The third-order valence-corrected chi connectivity index (χ3v) is 5.81. The predicted molar refractivity (Wildman–Crippen MR) is 138 cm³/mol. The first-order valence-corrected chi connectivity index (χ1v) is 12.0. The predicted octanol–water partition coefficient (Wildman–Crippen LogP) is 5.34. The van der Waals surface area contributed by atoms with Gasteiger partial charge in [0.1, 0.15) is 11.9 Å². The Morgan fingerprint density at radius 2 is 1.83 bits per heavy atom. The van der Waals surface area contributed by atoms with Crippen LogP contribution in [0.1, 0.15) is 43.0 Å². The van der Waals surface area contributed by atoms with E-state index in [2.05, 4.69) is 21.7 Å². The molecular formula is C28H31F2N5O. The summed E-state index contributed by atoms with van der Waals surface area (Å²) in [5.74, 6) is -2.59. The Labute approximate surface area is 211 Å². The fraction of sp³-hybridized carbons (Fsp3) is 0.321. The van der Waals surface area contributed by atoms with Crippen LogP contribution in [0.5, 0.6) is 0 Å². The van der Waals surface area contributed by atoms with Gasteiger partial charge in [-0.3, -0.25) is 4.79 Å². The van der Waals surface area contributed by atoms with Crippen LogP contribution >= 0.6 is 0 Å². The van der Waals surface area contributed by atoms with E-state index < -0.39 is 12.0 Å². The largest absolute Gasteiger partial charge is 0.370 e. The van der Waals surface area contributed by atoms with Gasteiger partial charge in [-0.2, -0.15) is 5.26 Å². The molecule has 0 aliphatic rings. The van der Waals surface area contributed by atoms with Crippen molar-refractivity contribution >= 4 is 17.4 Å². The second-order valence-electron chi connectivity index (χ2n) is 8.65. The Bertz CT molecular complexity index is 1140. The topological polar surface area (TPSA) is 81.0 Å². The van der Waals surface area contributed by atoms with Crippen LogP contribution in [0, 0.1) is 11.3 Å². The second kappa shape index (κ2) is 12.8. The number of pyridine rings is 1. The summed E-state index contributed by atoms with van der Waals surface area (Å²) < 4.78 is 26.5. The standard InChI is InChI=1S/C28H31F2N5O/c1-3-35(18-16-28(2,29)30)24-13-14-25(33-20-24)34-27(36)26(23-7-5-4-6-8-23)32-17-15-21-9-11-22(19-31)12-10-21/h4-14,20,26,32H,3,15-18H2,1-2H3,(H,33,34,36). The molecule has 3 rings (SSSR count). The minimum Gasteiger partial charge on any atom is -0.370 e. The molecule has 3 aromatic rings. The number of alkyl halides is 2. The zero-order valence-electron chi connectivity index (χ0n) is 20.5. The van der Waals surface area contributed by atoms with E-state index in [9.17, 15) is 13.6 Å². The summed E-state index contributed by atoms with van der Waals surface area (Å²) in [7, 11) is 0. The van der Waals surface area contributed by atoms with E-state index in [1.165, 1.54) is 0 Å². The maximum Gasteiger partial charge on any atom is 0.247 e. The Balaban J connectivity index is 1.64. The number of nitrogens with zero attached hydrogens (tertiary/aromatic N) is 3. The molecule has 2 aromatic carbocycles. The molecule has 0 saturated heterocycles. The van der Waals surface area contributed by atoms with Crippen LogP contribution in [-0.2, 0) is 11.2 Å².